The van der Waals surface area contributed by atoms with E-state index in [0.29, 0.717) is 0 Å². The molecule has 0 spiro atoms. The Balaban J connectivity index is 0.000000639. The van der Waals surface area contributed by atoms with Crippen molar-refractivity contribution in [1.82, 2.24) is 15.1 Å². The summed E-state index contributed by atoms with van der Waals surface area (Å²) in [6.45, 7) is 5.00. The largest absolute Gasteiger partial charge is 2.00 e. The van der Waals surface area contributed by atoms with Crippen LogP contribution in [0.25, 0.3) is 5.69 Å². The van der Waals surface area contributed by atoms with Crippen molar-refractivity contribution in [1.29, 1.82) is 0 Å². The SMILES string of the molecule is O=[C-]NC1(c2cccc(-n3cccn3)c2)CC1.[CH2-]C.[U+2]. The molecule has 0 unspecified atom stereocenters. The molecule has 1 heterocycles. The number of aromatic nitrogens is 2. The first-order valence-electron chi connectivity index (χ1n) is 6.30. The van der Waals surface area contributed by atoms with Gasteiger partial charge in [0.1, 0.15) is 0 Å². The first kappa shape index (κ1) is 17.0. The van der Waals surface area contributed by atoms with Crippen LogP contribution in [0.3, 0.4) is 0 Å². The molecule has 1 aromatic carbocycles. The molecule has 0 saturated heterocycles. The molecule has 2 aromatic rings. The molecule has 20 heavy (non-hydrogen) atoms. The van der Waals surface area contributed by atoms with E-state index in [1.807, 2.05) is 35.1 Å². The smallest absolute Gasteiger partial charge is 0.521 e. The Labute approximate surface area is 143 Å². The molecule has 0 atom stereocenters. The van der Waals surface area contributed by atoms with Gasteiger partial charge in [0, 0.05) is 17.9 Å². The van der Waals surface area contributed by atoms with Crippen LogP contribution in [0.15, 0.2) is 42.7 Å². The maximum absolute atomic E-state index is 10.5. The second kappa shape index (κ2) is 7.66. The Morgan fingerprint density at radius 2 is 2.10 bits per heavy atom. The molecule has 5 heteroatoms. The molecule has 1 amide bonds. The van der Waals surface area contributed by atoms with Gasteiger partial charge in [-0.05, 0) is 36.6 Å². The third-order valence-corrected chi connectivity index (χ3v) is 3.21. The molecule has 0 bridgehead atoms. The maximum atomic E-state index is 10.5. The van der Waals surface area contributed by atoms with Crippen molar-refractivity contribution in [2.75, 3.05) is 0 Å². The van der Waals surface area contributed by atoms with Gasteiger partial charge in [0.05, 0.1) is 5.69 Å². The normalized spacial score (nSPS) is 14.3. The van der Waals surface area contributed by atoms with Crippen LogP contribution in [0.4, 0.5) is 0 Å². The van der Waals surface area contributed by atoms with E-state index in [9.17, 15) is 4.79 Å². The van der Waals surface area contributed by atoms with E-state index in [2.05, 4.69) is 23.4 Å². The summed E-state index contributed by atoms with van der Waals surface area (Å²) in [5, 5.41) is 6.98. The molecule has 1 fully saturated rings. The summed E-state index contributed by atoms with van der Waals surface area (Å²) in [6.07, 6.45) is 7.40. The van der Waals surface area contributed by atoms with E-state index in [-0.39, 0.29) is 36.7 Å². The zero-order valence-corrected chi connectivity index (χ0v) is 15.6. The average molecular weight is 493 g/mol. The monoisotopic (exact) mass is 493 g/mol. The first-order chi connectivity index (χ1) is 9.34. The molecule has 0 aliphatic heterocycles. The molecule has 4 nitrogen and oxygen atoms in total. The molecule has 0 radical (unpaired) electrons. The summed E-state index contributed by atoms with van der Waals surface area (Å²) in [5.41, 5.74) is 1.94. The van der Waals surface area contributed by atoms with Crippen LogP contribution in [0.5, 0.6) is 0 Å². The third-order valence-electron chi connectivity index (χ3n) is 3.21. The van der Waals surface area contributed by atoms with Crippen molar-refractivity contribution < 1.29 is 35.9 Å². The van der Waals surface area contributed by atoms with Crippen molar-refractivity contribution in [3.63, 3.8) is 0 Å². The summed E-state index contributed by atoms with van der Waals surface area (Å²) < 4.78 is 1.81. The van der Waals surface area contributed by atoms with Gasteiger partial charge in [0.2, 0.25) is 0 Å². The van der Waals surface area contributed by atoms with Gasteiger partial charge in [-0.2, -0.15) is 18.4 Å². The summed E-state index contributed by atoms with van der Waals surface area (Å²) in [4.78, 5) is 10.5. The summed E-state index contributed by atoms with van der Waals surface area (Å²) >= 11 is 0. The van der Waals surface area contributed by atoms with Crippen molar-refractivity contribution in [2.45, 2.75) is 25.3 Å². The topological polar surface area (TPSA) is 46.9 Å². The summed E-state index contributed by atoms with van der Waals surface area (Å²) in [5.74, 6) is 0. The Bertz CT molecular complexity index is 536. The zero-order valence-electron chi connectivity index (χ0n) is 11.5. The van der Waals surface area contributed by atoms with E-state index in [0.717, 1.165) is 24.1 Å². The van der Waals surface area contributed by atoms with E-state index in [1.54, 1.807) is 19.5 Å². The Hall–Kier alpha value is -1.05. The van der Waals surface area contributed by atoms with Crippen LogP contribution in [0, 0.1) is 38.0 Å². The fourth-order valence-electron chi connectivity index (χ4n) is 2.08. The second-order valence-electron chi connectivity index (χ2n) is 4.31. The van der Waals surface area contributed by atoms with Crippen LogP contribution >= 0.6 is 0 Å². The molecular formula is C15H17N3OU. The van der Waals surface area contributed by atoms with Crippen LogP contribution in [0.2, 0.25) is 0 Å². The summed E-state index contributed by atoms with van der Waals surface area (Å²) in [6, 6.07) is 9.96. The Morgan fingerprint density at radius 3 is 2.65 bits per heavy atom. The minimum Gasteiger partial charge on any atom is -0.521 e. The molecule has 1 N–H and O–H groups in total. The summed E-state index contributed by atoms with van der Waals surface area (Å²) in [7, 11) is 0. The molecule has 1 aliphatic rings. The maximum Gasteiger partial charge on any atom is 2.00 e. The van der Waals surface area contributed by atoms with Crippen LogP contribution < -0.4 is 5.32 Å². The quantitative estimate of drug-likeness (QED) is 0.526. The van der Waals surface area contributed by atoms with Gasteiger partial charge >= 0.3 is 31.1 Å². The standard InChI is InChI=1S/C13H12N3O.C2H5.U/c17-10-14-13(5-6-13)11-3-1-4-12(9-11)16-8-2-7-15-16;1-2;/h1-4,7-9H,5-6H2,(H,14,17);1H2,2H3;/q2*-1;+2. The fourth-order valence-corrected chi connectivity index (χ4v) is 2.08. The van der Waals surface area contributed by atoms with Gasteiger partial charge in [0.25, 0.3) is 0 Å². The Kier molecular flexibility index (Phi) is 6.51. The molecule has 1 aromatic heterocycles. The van der Waals surface area contributed by atoms with Gasteiger partial charge < -0.3 is 17.0 Å². The predicted molar refractivity (Wildman–Crippen MR) is 74.3 cm³/mol. The van der Waals surface area contributed by atoms with E-state index >= 15 is 0 Å². The van der Waals surface area contributed by atoms with Crippen LogP contribution in [0.1, 0.15) is 25.3 Å². The van der Waals surface area contributed by atoms with Crippen molar-refractivity contribution in [2.24, 2.45) is 0 Å². The minimum atomic E-state index is -0.190. The van der Waals surface area contributed by atoms with E-state index in [1.165, 1.54) is 0 Å². The van der Waals surface area contributed by atoms with Gasteiger partial charge in [-0.15, -0.1) is 0 Å². The number of carbonyl (C=O) groups excluding carboxylic acids is 1. The number of nitrogens with one attached hydrogen (secondary N) is 1. The predicted octanol–water partition coefficient (Wildman–Crippen LogP) is 2.36. The zero-order chi connectivity index (χ0) is 13.7. The van der Waals surface area contributed by atoms with Crippen LogP contribution in [-0.2, 0) is 10.3 Å². The average Bonchev–Trinajstić information content (AvgIpc) is 3.06. The van der Waals surface area contributed by atoms with Crippen LogP contribution in [-0.4, -0.2) is 16.2 Å². The van der Waals surface area contributed by atoms with Gasteiger partial charge in [-0.25, -0.2) is 4.68 Å². The third kappa shape index (κ3) is 3.53. The van der Waals surface area contributed by atoms with Gasteiger partial charge in [0.15, 0.2) is 0 Å². The molecule has 102 valence electrons. The fraction of sp³-hybridized carbons (Fsp3) is 0.267. The number of hydrogen-bond donors (Lipinski definition) is 1. The molecule has 3 rings (SSSR count). The van der Waals surface area contributed by atoms with Gasteiger partial charge in [-0.3, -0.25) is 0 Å². The number of hydrogen-bond acceptors (Lipinski definition) is 2. The van der Waals surface area contributed by atoms with Crippen molar-refractivity contribution in [3.8, 4) is 5.69 Å². The molecule has 1 saturated carbocycles. The number of rotatable bonds is 4. The van der Waals surface area contributed by atoms with E-state index < -0.39 is 0 Å². The number of amides is 1. The van der Waals surface area contributed by atoms with Crippen molar-refractivity contribution >= 4 is 6.41 Å². The Morgan fingerprint density at radius 1 is 1.35 bits per heavy atom. The van der Waals surface area contributed by atoms with Gasteiger partial charge in [-0.1, -0.05) is 12.1 Å². The van der Waals surface area contributed by atoms with Crippen molar-refractivity contribution in [3.05, 3.63) is 55.2 Å². The minimum absolute atomic E-state index is 0. The first-order valence-corrected chi connectivity index (χ1v) is 6.30. The molecule has 1 aliphatic carbocycles. The second-order valence-corrected chi connectivity index (χ2v) is 4.31. The molecular weight excluding hydrogens is 476 g/mol. The number of nitrogens with zero attached hydrogens (tertiary/aromatic N) is 2. The number of benzene rings is 1. The van der Waals surface area contributed by atoms with E-state index in [4.69, 9.17) is 0 Å².